The van der Waals surface area contributed by atoms with Crippen LogP contribution in [0, 0.1) is 11.3 Å². The molecule has 1 unspecified atom stereocenters. The molecule has 2 amide bonds. The van der Waals surface area contributed by atoms with Gasteiger partial charge in [0.25, 0.3) is 0 Å². The summed E-state index contributed by atoms with van der Waals surface area (Å²) in [7, 11) is 0. The Balaban J connectivity index is 3.01. The molecule has 19 heavy (non-hydrogen) atoms. The summed E-state index contributed by atoms with van der Waals surface area (Å²) in [6.45, 7) is -0.242. The summed E-state index contributed by atoms with van der Waals surface area (Å²) in [4.78, 5) is 23.7. The molecular weight excluding hydrogens is 244 g/mol. The number of carbonyl (C=O) groups excluding carboxylic acids is 2. The van der Waals surface area contributed by atoms with Gasteiger partial charge in [0.2, 0.25) is 11.8 Å². The zero-order valence-electron chi connectivity index (χ0n) is 10.5. The van der Waals surface area contributed by atoms with Gasteiger partial charge in [0.1, 0.15) is 0 Å². The normalized spacial score (nSPS) is 11.8. The summed E-state index contributed by atoms with van der Waals surface area (Å²) in [6, 6.07) is 10.8. The number of nitrogens with zero attached hydrogens (tertiary/aromatic N) is 2. The van der Waals surface area contributed by atoms with Crippen molar-refractivity contribution in [2.24, 2.45) is 11.5 Å². The lowest BCUT2D eigenvalue weighted by Gasteiger charge is -2.28. The Morgan fingerprint density at radius 1 is 1.16 bits per heavy atom. The highest BCUT2D eigenvalue weighted by Crippen LogP contribution is 2.23. The Morgan fingerprint density at radius 2 is 1.68 bits per heavy atom. The van der Waals surface area contributed by atoms with Gasteiger partial charge in [-0.05, 0) is 5.56 Å². The smallest absolute Gasteiger partial charge is 0.231 e. The van der Waals surface area contributed by atoms with E-state index in [0.29, 0.717) is 0 Å². The Morgan fingerprint density at radius 3 is 2.11 bits per heavy atom. The number of primary amides is 2. The first-order valence-electron chi connectivity index (χ1n) is 5.77. The largest absolute Gasteiger partial charge is 0.369 e. The van der Waals surface area contributed by atoms with E-state index < -0.39 is 11.8 Å². The van der Waals surface area contributed by atoms with E-state index in [9.17, 15) is 9.59 Å². The fourth-order valence-corrected chi connectivity index (χ4v) is 1.90. The van der Waals surface area contributed by atoms with Crippen molar-refractivity contribution in [3.05, 3.63) is 35.9 Å². The van der Waals surface area contributed by atoms with E-state index in [-0.39, 0.29) is 25.6 Å². The number of nitrogens with two attached hydrogens (primary N) is 2. The van der Waals surface area contributed by atoms with Crippen LogP contribution >= 0.6 is 0 Å². The Bertz CT molecular complexity index is 465. The average molecular weight is 260 g/mol. The van der Waals surface area contributed by atoms with Crippen molar-refractivity contribution in [2.45, 2.75) is 12.5 Å². The van der Waals surface area contributed by atoms with Crippen molar-refractivity contribution in [3.63, 3.8) is 0 Å². The molecule has 0 bridgehead atoms. The number of hydrogen-bond donors (Lipinski definition) is 2. The molecule has 100 valence electrons. The molecule has 6 heteroatoms. The van der Waals surface area contributed by atoms with Crippen LogP contribution in [0.3, 0.4) is 0 Å². The Hall–Kier alpha value is -2.39. The van der Waals surface area contributed by atoms with E-state index in [1.54, 1.807) is 0 Å². The lowest BCUT2D eigenvalue weighted by Crippen LogP contribution is -2.41. The summed E-state index contributed by atoms with van der Waals surface area (Å²) in [5, 5.41) is 8.91. The van der Waals surface area contributed by atoms with Gasteiger partial charge in [0, 0.05) is 6.04 Å². The van der Waals surface area contributed by atoms with Gasteiger partial charge >= 0.3 is 0 Å². The summed E-state index contributed by atoms with van der Waals surface area (Å²) in [5.41, 5.74) is 11.2. The first-order valence-corrected chi connectivity index (χ1v) is 5.77. The molecule has 0 spiro atoms. The minimum Gasteiger partial charge on any atom is -0.369 e. The zero-order valence-corrected chi connectivity index (χ0v) is 10.5. The van der Waals surface area contributed by atoms with Crippen molar-refractivity contribution in [1.82, 2.24) is 4.90 Å². The third kappa shape index (κ3) is 4.77. The van der Waals surface area contributed by atoms with Crippen LogP contribution in [0.15, 0.2) is 30.3 Å². The molecule has 1 aromatic carbocycles. The molecule has 0 heterocycles. The summed E-state index contributed by atoms with van der Waals surface area (Å²) >= 11 is 0. The number of hydrogen-bond acceptors (Lipinski definition) is 4. The van der Waals surface area contributed by atoms with Crippen LogP contribution in [-0.4, -0.2) is 29.8 Å². The number of rotatable bonds is 7. The zero-order chi connectivity index (χ0) is 14.3. The minimum atomic E-state index is -0.569. The number of amides is 2. The third-order valence-electron chi connectivity index (χ3n) is 2.63. The maximum atomic E-state index is 11.1. The SMILES string of the molecule is N#CCC(c1ccccc1)N(CC(N)=O)CC(N)=O. The first kappa shape index (κ1) is 14.7. The summed E-state index contributed by atoms with van der Waals surface area (Å²) < 4.78 is 0. The van der Waals surface area contributed by atoms with Crippen LogP contribution in [0.25, 0.3) is 0 Å². The van der Waals surface area contributed by atoms with Gasteiger partial charge in [-0.1, -0.05) is 30.3 Å². The molecule has 1 atom stereocenters. The quantitative estimate of drug-likeness (QED) is 0.713. The molecule has 6 nitrogen and oxygen atoms in total. The highest BCUT2D eigenvalue weighted by atomic mass is 16.2. The molecular formula is C13H16N4O2. The van der Waals surface area contributed by atoms with Gasteiger partial charge in [0.05, 0.1) is 25.6 Å². The second kappa shape index (κ2) is 7.13. The van der Waals surface area contributed by atoms with Crippen molar-refractivity contribution < 1.29 is 9.59 Å². The van der Waals surface area contributed by atoms with Crippen LogP contribution < -0.4 is 11.5 Å². The van der Waals surface area contributed by atoms with E-state index in [2.05, 4.69) is 0 Å². The van der Waals surface area contributed by atoms with Crippen LogP contribution in [0.5, 0.6) is 0 Å². The second-order valence-electron chi connectivity index (χ2n) is 4.13. The molecule has 0 aliphatic carbocycles. The monoisotopic (exact) mass is 260 g/mol. The molecule has 0 aliphatic rings. The van der Waals surface area contributed by atoms with Crippen molar-refractivity contribution in [1.29, 1.82) is 5.26 Å². The Labute approximate surface area is 111 Å². The first-order chi connectivity index (χ1) is 9.04. The van der Waals surface area contributed by atoms with Gasteiger partial charge in [-0.15, -0.1) is 0 Å². The number of nitriles is 1. The molecule has 1 rings (SSSR count). The number of carbonyl (C=O) groups is 2. The summed E-state index contributed by atoms with van der Waals surface area (Å²) in [6.07, 6.45) is 0.143. The third-order valence-corrected chi connectivity index (χ3v) is 2.63. The average Bonchev–Trinajstić information content (AvgIpc) is 2.35. The van der Waals surface area contributed by atoms with Crippen molar-refractivity contribution >= 4 is 11.8 Å². The van der Waals surface area contributed by atoms with Gasteiger partial charge < -0.3 is 11.5 Å². The van der Waals surface area contributed by atoms with E-state index in [1.165, 1.54) is 4.90 Å². The standard InChI is InChI=1S/C13H16N4O2/c14-7-6-11(10-4-2-1-3-5-10)17(8-12(15)18)9-13(16)19/h1-5,11H,6,8-9H2,(H2,15,18)(H2,16,19). The predicted molar refractivity (Wildman–Crippen MR) is 69.4 cm³/mol. The fraction of sp³-hybridized carbons (Fsp3) is 0.308. The highest BCUT2D eigenvalue weighted by molar-refractivity contribution is 5.79. The molecule has 0 saturated heterocycles. The lowest BCUT2D eigenvalue weighted by atomic mass is 10.0. The Kier molecular flexibility index (Phi) is 5.51. The van der Waals surface area contributed by atoms with E-state index in [4.69, 9.17) is 16.7 Å². The number of benzene rings is 1. The molecule has 0 saturated carbocycles. The minimum absolute atomic E-state index is 0.121. The topological polar surface area (TPSA) is 113 Å². The van der Waals surface area contributed by atoms with Gasteiger partial charge in [-0.25, -0.2) is 0 Å². The van der Waals surface area contributed by atoms with Crippen molar-refractivity contribution in [3.8, 4) is 6.07 Å². The molecule has 0 radical (unpaired) electrons. The summed E-state index contributed by atoms with van der Waals surface area (Å²) in [5.74, 6) is -1.14. The predicted octanol–water partition coefficient (Wildman–Crippen LogP) is -0.0860. The molecule has 0 aromatic heterocycles. The van der Waals surface area contributed by atoms with E-state index in [1.807, 2.05) is 36.4 Å². The van der Waals surface area contributed by atoms with Crippen LogP contribution in [0.1, 0.15) is 18.0 Å². The maximum absolute atomic E-state index is 11.1. The molecule has 1 aromatic rings. The van der Waals surface area contributed by atoms with Gasteiger partial charge in [-0.3, -0.25) is 14.5 Å². The van der Waals surface area contributed by atoms with Gasteiger partial charge in [0.15, 0.2) is 0 Å². The van der Waals surface area contributed by atoms with Crippen LogP contribution in [-0.2, 0) is 9.59 Å². The molecule has 0 fully saturated rings. The van der Waals surface area contributed by atoms with Crippen LogP contribution in [0.2, 0.25) is 0 Å². The maximum Gasteiger partial charge on any atom is 0.231 e. The second-order valence-corrected chi connectivity index (χ2v) is 4.13. The van der Waals surface area contributed by atoms with E-state index in [0.717, 1.165) is 5.56 Å². The fourth-order valence-electron chi connectivity index (χ4n) is 1.90. The highest BCUT2D eigenvalue weighted by Gasteiger charge is 2.23. The van der Waals surface area contributed by atoms with Crippen molar-refractivity contribution in [2.75, 3.05) is 13.1 Å². The van der Waals surface area contributed by atoms with Crippen LogP contribution in [0.4, 0.5) is 0 Å². The van der Waals surface area contributed by atoms with E-state index >= 15 is 0 Å². The molecule has 4 N–H and O–H groups in total. The molecule has 0 aliphatic heterocycles. The van der Waals surface area contributed by atoms with Gasteiger partial charge in [-0.2, -0.15) is 5.26 Å². The lowest BCUT2D eigenvalue weighted by molar-refractivity contribution is -0.122.